The largest absolute Gasteiger partial charge is 0.383 e. The number of benzene rings is 1. The Morgan fingerprint density at radius 1 is 1.24 bits per heavy atom. The van der Waals surface area contributed by atoms with Crippen molar-refractivity contribution in [1.29, 1.82) is 0 Å². The predicted molar refractivity (Wildman–Crippen MR) is 98.6 cm³/mol. The fraction of sp³-hybridized carbons (Fsp3) is 0.474. The number of rotatable bonds is 6. The molecule has 132 valence electrons. The molecule has 5 rings (SSSR count). The van der Waals surface area contributed by atoms with Gasteiger partial charge in [0.2, 0.25) is 0 Å². The number of nitrogens with zero attached hydrogens (tertiary/aromatic N) is 2. The maximum Gasteiger partial charge on any atom is 0.354 e. The van der Waals surface area contributed by atoms with Gasteiger partial charge in [-0.25, -0.2) is 4.79 Å². The van der Waals surface area contributed by atoms with Gasteiger partial charge in [-0.15, -0.1) is 0 Å². The van der Waals surface area contributed by atoms with Crippen LogP contribution in [0.4, 0.5) is 5.82 Å². The number of aromatic nitrogens is 2. The van der Waals surface area contributed by atoms with Gasteiger partial charge in [0, 0.05) is 17.8 Å². The van der Waals surface area contributed by atoms with Crippen LogP contribution in [-0.2, 0) is 6.42 Å². The van der Waals surface area contributed by atoms with Crippen molar-refractivity contribution in [3.63, 3.8) is 0 Å². The summed E-state index contributed by atoms with van der Waals surface area (Å²) in [4.78, 5) is 15.7. The number of hydrogen-bond donors (Lipinski definition) is 3. The molecule has 1 aromatic carbocycles. The van der Waals surface area contributed by atoms with Gasteiger partial charge in [0.05, 0.1) is 5.69 Å². The van der Waals surface area contributed by atoms with E-state index < -0.39 is 0 Å². The number of nitrogens with one attached hydrogen (secondary N) is 1. The van der Waals surface area contributed by atoms with E-state index >= 15 is 0 Å². The Morgan fingerprint density at radius 2 is 1.92 bits per heavy atom. The minimum Gasteiger partial charge on any atom is -0.383 e. The molecule has 2 aromatic rings. The van der Waals surface area contributed by atoms with E-state index in [4.69, 9.17) is 11.5 Å². The minimum absolute atomic E-state index is 0.239. The lowest BCUT2D eigenvalue weighted by atomic mass is 9.39. The number of anilines is 1. The second kappa shape index (κ2) is 5.68. The third kappa shape index (κ3) is 2.85. The normalized spacial score (nSPS) is 28.1. The maximum absolute atomic E-state index is 11.9. The highest BCUT2D eigenvalue weighted by Crippen LogP contribution is 2.66. The Hall–Kier alpha value is -2.18. The molecule has 0 spiro atoms. The Morgan fingerprint density at radius 3 is 2.52 bits per heavy atom. The van der Waals surface area contributed by atoms with Gasteiger partial charge in [-0.05, 0) is 68.3 Å². The molecular weight excluding hydrogens is 314 g/mol. The second-order valence-electron chi connectivity index (χ2n) is 7.94. The fourth-order valence-corrected chi connectivity index (χ4v) is 4.70. The zero-order valence-electron chi connectivity index (χ0n) is 14.5. The standard InChI is InChI=1S/C19H25N5O/c1-13(23-19-9-18(10-19,11-19)12-20)8-14-2-4-15(5-3-14)24-7-6-16(21)22-17(24)25/h2-7,13,23H,8-12,20H2,1H3,(H2,21,22,25). The third-order valence-electron chi connectivity index (χ3n) is 5.71. The van der Waals surface area contributed by atoms with Crippen LogP contribution in [0.3, 0.4) is 0 Å². The van der Waals surface area contributed by atoms with Crippen molar-refractivity contribution in [2.45, 2.75) is 44.2 Å². The van der Waals surface area contributed by atoms with Crippen molar-refractivity contribution in [3.8, 4) is 5.69 Å². The van der Waals surface area contributed by atoms with Gasteiger partial charge in [0.25, 0.3) is 0 Å². The highest BCUT2D eigenvalue weighted by atomic mass is 16.1. The Labute approximate surface area is 147 Å². The van der Waals surface area contributed by atoms with Crippen LogP contribution in [0, 0.1) is 5.41 Å². The van der Waals surface area contributed by atoms with E-state index in [2.05, 4.69) is 29.4 Å². The lowest BCUT2D eigenvalue weighted by Crippen LogP contribution is -2.76. The Kier molecular flexibility index (Phi) is 3.70. The van der Waals surface area contributed by atoms with Crippen LogP contribution in [0.25, 0.3) is 5.69 Å². The van der Waals surface area contributed by atoms with Crippen LogP contribution in [0.15, 0.2) is 41.3 Å². The number of hydrogen-bond acceptors (Lipinski definition) is 5. The van der Waals surface area contributed by atoms with E-state index in [-0.39, 0.29) is 11.5 Å². The smallest absolute Gasteiger partial charge is 0.354 e. The van der Waals surface area contributed by atoms with Crippen LogP contribution in [0.2, 0.25) is 0 Å². The topological polar surface area (TPSA) is 99.0 Å². The van der Waals surface area contributed by atoms with Gasteiger partial charge in [0.1, 0.15) is 5.82 Å². The molecule has 5 N–H and O–H groups in total. The van der Waals surface area contributed by atoms with E-state index in [9.17, 15) is 4.79 Å². The summed E-state index contributed by atoms with van der Waals surface area (Å²) in [6.07, 6.45) is 6.30. The lowest BCUT2D eigenvalue weighted by Gasteiger charge is -2.71. The highest BCUT2D eigenvalue weighted by Gasteiger charge is 2.66. The van der Waals surface area contributed by atoms with E-state index in [1.54, 1.807) is 12.3 Å². The Balaban J connectivity index is 1.38. The summed E-state index contributed by atoms with van der Waals surface area (Å²) in [5.41, 5.74) is 13.9. The molecule has 6 nitrogen and oxygen atoms in total. The second-order valence-corrected chi connectivity index (χ2v) is 7.94. The molecule has 1 heterocycles. The van der Waals surface area contributed by atoms with Crippen molar-refractivity contribution in [2.75, 3.05) is 12.3 Å². The number of nitrogens with two attached hydrogens (primary N) is 2. The first-order chi connectivity index (χ1) is 11.9. The minimum atomic E-state index is -0.361. The summed E-state index contributed by atoms with van der Waals surface area (Å²) in [5.74, 6) is 0.239. The van der Waals surface area contributed by atoms with E-state index in [0.717, 1.165) is 18.7 Å². The van der Waals surface area contributed by atoms with Crippen molar-refractivity contribution in [2.24, 2.45) is 11.1 Å². The quantitative estimate of drug-likeness (QED) is 0.735. The SMILES string of the molecule is CC(Cc1ccc(-n2ccc(N)nc2=O)cc1)NC12CC(CN)(C1)C2. The summed E-state index contributed by atoms with van der Waals surface area (Å²) >= 11 is 0. The zero-order valence-corrected chi connectivity index (χ0v) is 14.5. The molecule has 1 aromatic heterocycles. The Bertz CT molecular complexity index is 822. The summed E-state index contributed by atoms with van der Waals surface area (Å²) in [5, 5.41) is 3.79. The van der Waals surface area contributed by atoms with Crippen LogP contribution >= 0.6 is 0 Å². The van der Waals surface area contributed by atoms with E-state index in [1.165, 1.54) is 29.4 Å². The van der Waals surface area contributed by atoms with Gasteiger partial charge in [-0.2, -0.15) is 4.98 Å². The molecule has 3 saturated carbocycles. The van der Waals surface area contributed by atoms with E-state index in [0.29, 0.717) is 17.0 Å². The van der Waals surface area contributed by atoms with Gasteiger partial charge < -0.3 is 16.8 Å². The van der Waals surface area contributed by atoms with Crippen LogP contribution in [0.5, 0.6) is 0 Å². The zero-order chi connectivity index (χ0) is 17.7. The summed E-state index contributed by atoms with van der Waals surface area (Å²) in [6.45, 7) is 3.06. The van der Waals surface area contributed by atoms with Crippen LogP contribution in [0.1, 0.15) is 31.7 Å². The molecule has 3 aliphatic carbocycles. The first kappa shape index (κ1) is 16.3. The summed E-state index contributed by atoms with van der Waals surface area (Å²) in [7, 11) is 0. The van der Waals surface area contributed by atoms with Crippen LogP contribution < -0.4 is 22.5 Å². The lowest BCUT2D eigenvalue weighted by molar-refractivity contribution is -0.150. The molecule has 0 amide bonds. The van der Waals surface area contributed by atoms with Gasteiger partial charge >= 0.3 is 5.69 Å². The molecule has 1 unspecified atom stereocenters. The maximum atomic E-state index is 11.9. The molecule has 0 saturated heterocycles. The van der Waals surface area contributed by atoms with E-state index in [1.807, 2.05) is 12.1 Å². The fourth-order valence-electron chi connectivity index (χ4n) is 4.70. The highest BCUT2D eigenvalue weighted by molar-refractivity contribution is 5.36. The predicted octanol–water partition coefficient (Wildman–Crippen LogP) is 1.22. The third-order valence-corrected chi connectivity index (χ3v) is 5.71. The molecule has 25 heavy (non-hydrogen) atoms. The average Bonchev–Trinajstić information content (AvgIpc) is 2.50. The van der Waals surface area contributed by atoms with Crippen molar-refractivity contribution >= 4 is 5.82 Å². The van der Waals surface area contributed by atoms with Crippen molar-refractivity contribution in [1.82, 2.24) is 14.9 Å². The summed E-state index contributed by atoms with van der Waals surface area (Å²) < 4.78 is 1.50. The number of nitrogen functional groups attached to an aromatic ring is 1. The average molecular weight is 339 g/mol. The molecule has 2 bridgehead atoms. The van der Waals surface area contributed by atoms with Gasteiger partial charge in [-0.1, -0.05) is 12.1 Å². The summed E-state index contributed by atoms with van der Waals surface area (Å²) in [6, 6.07) is 10.1. The van der Waals surface area contributed by atoms with Crippen molar-refractivity contribution < 1.29 is 0 Å². The molecule has 0 aliphatic heterocycles. The van der Waals surface area contributed by atoms with Crippen LogP contribution in [-0.4, -0.2) is 27.7 Å². The molecule has 3 fully saturated rings. The monoisotopic (exact) mass is 339 g/mol. The van der Waals surface area contributed by atoms with Crippen molar-refractivity contribution in [3.05, 3.63) is 52.6 Å². The first-order valence-corrected chi connectivity index (χ1v) is 8.85. The van der Waals surface area contributed by atoms with Gasteiger partial charge in [-0.3, -0.25) is 4.57 Å². The van der Waals surface area contributed by atoms with Gasteiger partial charge in [0.15, 0.2) is 0 Å². The first-order valence-electron chi connectivity index (χ1n) is 8.85. The molecule has 1 atom stereocenters. The molecule has 6 heteroatoms. The molecule has 3 aliphatic rings. The molecular formula is C19H25N5O. The molecule has 0 radical (unpaired) electrons.